The average molecular weight is 308 g/mol. The van der Waals surface area contributed by atoms with Gasteiger partial charge >= 0.3 is 12.1 Å². The molecular weight excluding hydrogens is 295 g/mol. The van der Waals surface area contributed by atoms with Crippen LogP contribution < -0.4 is 4.90 Å². The van der Waals surface area contributed by atoms with Crippen molar-refractivity contribution in [3.63, 3.8) is 0 Å². The summed E-state index contributed by atoms with van der Waals surface area (Å²) < 4.78 is 37.6. The Kier molecular flexibility index (Phi) is 5.44. The molecule has 0 atom stereocenters. The zero-order chi connectivity index (χ0) is 15.3. The summed E-state index contributed by atoms with van der Waals surface area (Å²) in [5.41, 5.74) is 0.498. The molecule has 0 aromatic heterocycles. The molecule has 0 spiro atoms. The van der Waals surface area contributed by atoms with Gasteiger partial charge in [0, 0.05) is 28.9 Å². The van der Waals surface area contributed by atoms with Gasteiger partial charge in [0.25, 0.3) is 0 Å². The van der Waals surface area contributed by atoms with Crippen LogP contribution in [0.2, 0.25) is 5.02 Å². The Morgan fingerprint density at radius 3 is 2.60 bits per heavy atom. The van der Waals surface area contributed by atoms with E-state index in [-0.39, 0.29) is 22.8 Å². The van der Waals surface area contributed by atoms with Gasteiger partial charge in [-0.1, -0.05) is 17.7 Å². The highest BCUT2D eigenvalue weighted by Gasteiger charge is 2.31. The van der Waals surface area contributed by atoms with Crippen molar-refractivity contribution in [3.05, 3.63) is 34.9 Å². The zero-order valence-electron chi connectivity index (χ0n) is 10.6. The zero-order valence-corrected chi connectivity index (χ0v) is 11.4. The van der Waals surface area contributed by atoms with Crippen molar-refractivity contribution in [2.24, 2.45) is 0 Å². The lowest BCUT2D eigenvalue weighted by Gasteiger charge is -2.26. The first kappa shape index (κ1) is 16.4. The highest BCUT2D eigenvalue weighted by molar-refractivity contribution is 6.32. The third-order valence-corrected chi connectivity index (χ3v) is 2.84. The minimum atomic E-state index is -4.36. The minimum Gasteiger partial charge on any atom is -0.478 e. The molecule has 0 amide bonds. The Hall–Kier alpha value is -1.69. The van der Waals surface area contributed by atoms with Gasteiger partial charge < -0.3 is 10.0 Å². The number of hydrogen-bond acceptors (Lipinski definition) is 2. The van der Waals surface area contributed by atoms with Crippen molar-refractivity contribution in [3.8, 4) is 0 Å². The lowest BCUT2D eigenvalue weighted by molar-refractivity contribution is -0.131. The van der Waals surface area contributed by atoms with Crippen molar-refractivity contribution >= 4 is 29.3 Å². The summed E-state index contributed by atoms with van der Waals surface area (Å²) in [6, 6.07) is 4.49. The number of carboxylic acids is 1. The maximum atomic E-state index is 12.5. The largest absolute Gasteiger partial charge is 0.478 e. The Labute approximate surface area is 119 Å². The third-order valence-electron chi connectivity index (χ3n) is 2.52. The molecule has 1 aromatic carbocycles. The van der Waals surface area contributed by atoms with E-state index >= 15 is 0 Å². The van der Waals surface area contributed by atoms with Crippen LogP contribution in [0.1, 0.15) is 12.5 Å². The van der Waals surface area contributed by atoms with Crippen LogP contribution >= 0.6 is 11.6 Å². The molecule has 1 rings (SSSR count). The van der Waals surface area contributed by atoms with E-state index in [1.807, 2.05) is 0 Å². The molecular formula is C13H13ClF3NO2. The molecule has 0 aliphatic heterocycles. The van der Waals surface area contributed by atoms with E-state index in [2.05, 4.69) is 0 Å². The van der Waals surface area contributed by atoms with E-state index in [4.69, 9.17) is 16.7 Å². The Morgan fingerprint density at radius 1 is 1.45 bits per heavy atom. The third kappa shape index (κ3) is 4.77. The van der Waals surface area contributed by atoms with Gasteiger partial charge in [0.1, 0.15) is 6.54 Å². The molecule has 1 aromatic rings. The van der Waals surface area contributed by atoms with Crippen LogP contribution in [0.5, 0.6) is 0 Å². The van der Waals surface area contributed by atoms with Gasteiger partial charge in [0.05, 0.1) is 0 Å². The highest BCUT2D eigenvalue weighted by atomic mass is 35.5. The van der Waals surface area contributed by atoms with Gasteiger partial charge in [-0.15, -0.1) is 0 Å². The van der Waals surface area contributed by atoms with E-state index < -0.39 is 18.7 Å². The van der Waals surface area contributed by atoms with Gasteiger partial charge in [0.15, 0.2) is 0 Å². The SMILES string of the molecule is CCN(CC(F)(F)F)c1cccc(Cl)c1C=CC(=O)O. The van der Waals surface area contributed by atoms with Crippen molar-refractivity contribution in [2.45, 2.75) is 13.1 Å². The van der Waals surface area contributed by atoms with Crippen LogP contribution in [0.15, 0.2) is 24.3 Å². The van der Waals surface area contributed by atoms with E-state index in [0.717, 1.165) is 11.0 Å². The number of nitrogens with zero attached hydrogens (tertiary/aromatic N) is 1. The lowest BCUT2D eigenvalue weighted by Crippen LogP contribution is -2.34. The predicted octanol–water partition coefficient (Wildman–Crippen LogP) is 3.83. The number of aliphatic carboxylic acids is 1. The molecule has 7 heteroatoms. The second kappa shape index (κ2) is 6.65. The number of anilines is 1. The fraction of sp³-hybridized carbons (Fsp3) is 0.308. The van der Waals surface area contributed by atoms with E-state index in [1.54, 1.807) is 6.92 Å². The lowest BCUT2D eigenvalue weighted by atomic mass is 10.1. The maximum absolute atomic E-state index is 12.5. The topological polar surface area (TPSA) is 40.5 Å². The molecule has 20 heavy (non-hydrogen) atoms. The second-order valence-electron chi connectivity index (χ2n) is 3.97. The summed E-state index contributed by atoms with van der Waals surface area (Å²) in [6.45, 7) is 0.572. The van der Waals surface area contributed by atoms with Gasteiger partial charge in [-0.3, -0.25) is 0 Å². The van der Waals surface area contributed by atoms with E-state index in [1.165, 1.54) is 24.3 Å². The summed E-state index contributed by atoms with van der Waals surface area (Å²) in [4.78, 5) is 11.6. The quantitative estimate of drug-likeness (QED) is 0.841. The fourth-order valence-corrected chi connectivity index (χ4v) is 1.94. The van der Waals surface area contributed by atoms with Gasteiger partial charge in [-0.2, -0.15) is 13.2 Å². The molecule has 1 N–H and O–H groups in total. The number of benzene rings is 1. The van der Waals surface area contributed by atoms with Crippen LogP contribution in [0.3, 0.4) is 0 Å². The van der Waals surface area contributed by atoms with Crippen molar-refractivity contribution in [1.82, 2.24) is 0 Å². The first-order chi connectivity index (χ1) is 9.24. The standard InChI is InChI=1S/C13H13ClF3NO2/c1-2-18(8-13(15,16)17)11-5-3-4-10(14)9(11)6-7-12(19)20/h3-7H,2,8H2,1H3,(H,19,20). The number of halogens is 4. The minimum absolute atomic E-state index is 0.119. The molecule has 110 valence electrons. The summed E-state index contributed by atoms with van der Waals surface area (Å²) >= 11 is 5.93. The molecule has 0 aliphatic carbocycles. The van der Waals surface area contributed by atoms with Crippen molar-refractivity contribution in [2.75, 3.05) is 18.0 Å². The van der Waals surface area contributed by atoms with E-state index in [9.17, 15) is 18.0 Å². The van der Waals surface area contributed by atoms with E-state index in [0.29, 0.717) is 0 Å². The van der Waals surface area contributed by atoms with Crippen LogP contribution in [0, 0.1) is 0 Å². The molecule has 0 aliphatic rings. The molecule has 0 saturated heterocycles. The van der Waals surface area contributed by atoms with Gasteiger partial charge in [-0.25, -0.2) is 4.79 Å². The van der Waals surface area contributed by atoms with Crippen LogP contribution in [0.25, 0.3) is 6.08 Å². The molecule has 0 radical (unpaired) electrons. The molecule has 0 bridgehead atoms. The van der Waals surface area contributed by atoms with Crippen LogP contribution in [-0.2, 0) is 4.79 Å². The smallest absolute Gasteiger partial charge is 0.405 e. The molecule has 0 unspecified atom stereocenters. The second-order valence-corrected chi connectivity index (χ2v) is 4.38. The molecule has 3 nitrogen and oxygen atoms in total. The Bertz CT molecular complexity index is 515. The summed E-state index contributed by atoms with van der Waals surface area (Å²) in [6.07, 6.45) is -2.32. The fourth-order valence-electron chi connectivity index (χ4n) is 1.70. The molecule has 0 heterocycles. The Morgan fingerprint density at radius 2 is 2.10 bits per heavy atom. The number of carbonyl (C=O) groups is 1. The number of rotatable bonds is 5. The monoisotopic (exact) mass is 307 g/mol. The summed E-state index contributed by atoms with van der Waals surface area (Å²) in [5.74, 6) is -1.20. The number of alkyl halides is 3. The molecule has 0 saturated carbocycles. The van der Waals surface area contributed by atoms with Gasteiger partial charge in [-0.05, 0) is 25.1 Å². The predicted molar refractivity (Wildman–Crippen MR) is 72.1 cm³/mol. The first-order valence-electron chi connectivity index (χ1n) is 5.76. The number of hydrogen-bond donors (Lipinski definition) is 1. The molecule has 0 fully saturated rings. The van der Waals surface area contributed by atoms with Crippen LogP contribution in [-0.4, -0.2) is 30.3 Å². The summed E-state index contributed by atoms with van der Waals surface area (Å²) in [5, 5.41) is 8.81. The Balaban J connectivity index is 3.21. The highest BCUT2D eigenvalue weighted by Crippen LogP contribution is 2.31. The maximum Gasteiger partial charge on any atom is 0.405 e. The summed E-state index contributed by atoms with van der Waals surface area (Å²) in [7, 11) is 0. The average Bonchev–Trinajstić information content (AvgIpc) is 2.33. The van der Waals surface area contributed by atoms with Crippen molar-refractivity contribution < 1.29 is 23.1 Å². The van der Waals surface area contributed by atoms with Crippen LogP contribution in [0.4, 0.5) is 18.9 Å². The van der Waals surface area contributed by atoms with Gasteiger partial charge in [0.2, 0.25) is 0 Å². The number of carboxylic acid groups (broad SMARTS) is 1. The first-order valence-corrected chi connectivity index (χ1v) is 6.13. The van der Waals surface area contributed by atoms with Crippen molar-refractivity contribution in [1.29, 1.82) is 0 Å². The normalized spacial score (nSPS) is 11.8.